The minimum atomic E-state index is -2.02. The minimum absolute atomic E-state index is 0.797. The zero-order chi connectivity index (χ0) is 26.2. The highest BCUT2D eigenvalue weighted by molar-refractivity contribution is 5.75. The SMILES string of the molecule is COC(=O)[C@H]1OC(O)[C@H](O[C@@H]2O[C@H](CO)[C@@H](O)[C@H](O)[C@H]2O[C@@H]2O[C@@H](C)[C@H](O)[C@@H](O)[C@H]2O)[C@@H](O)[C@@H]1O. The van der Waals surface area contributed by atoms with Gasteiger partial charge in [-0.05, 0) is 6.92 Å². The van der Waals surface area contributed by atoms with Gasteiger partial charge in [-0.2, -0.15) is 0 Å². The van der Waals surface area contributed by atoms with Gasteiger partial charge in [0.25, 0.3) is 0 Å². The third-order valence-electron chi connectivity index (χ3n) is 6.21. The molecule has 1 unspecified atom stereocenters. The van der Waals surface area contributed by atoms with Crippen LogP contribution in [0.15, 0.2) is 0 Å². The summed E-state index contributed by atoms with van der Waals surface area (Å²) in [6.07, 6.45) is -25.6. The number of methoxy groups -OCH3 is 1. The molecule has 3 aliphatic heterocycles. The number of rotatable bonds is 6. The van der Waals surface area contributed by atoms with Crippen molar-refractivity contribution in [3.8, 4) is 0 Å². The Labute approximate surface area is 198 Å². The zero-order valence-electron chi connectivity index (χ0n) is 18.8. The lowest BCUT2D eigenvalue weighted by atomic mass is 9.96. The van der Waals surface area contributed by atoms with Crippen molar-refractivity contribution in [1.82, 2.24) is 0 Å². The molecule has 0 spiro atoms. The molecule has 0 aliphatic carbocycles. The van der Waals surface area contributed by atoms with Crippen LogP contribution in [0, 0.1) is 0 Å². The van der Waals surface area contributed by atoms with Gasteiger partial charge in [0, 0.05) is 0 Å². The molecule has 3 saturated heterocycles. The fraction of sp³-hybridized carbons (Fsp3) is 0.947. The van der Waals surface area contributed by atoms with Crippen LogP contribution in [0.4, 0.5) is 0 Å². The molecule has 0 aromatic carbocycles. The molecule has 15 atom stereocenters. The monoisotopic (exact) mass is 516 g/mol. The topological polar surface area (TPSA) is 255 Å². The summed E-state index contributed by atoms with van der Waals surface area (Å²) in [5, 5.41) is 91.4. The average Bonchev–Trinajstić information content (AvgIpc) is 2.84. The standard InChI is InChI=1S/C19H32O16/c1-4-6(21)8(23)12(27)18(31-4)35-15-9(24)7(22)5(3-20)32-19(15)34-14-11(26)10(25)13(16(28)30-2)33-17(14)29/h4-15,17-27,29H,3H2,1-2H3/t4-,5+,6-,7+,8+,9-,10-,11-,12+,13-,14+,15+,17?,18-,19-/m0/s1. The number of ether oxygens (including phenoxy) is 6. The van der Waals surface area contributed by atoms with E-state index in [-0.39, 0.29) is 0 Å². The first-order valence-electron chi connectivity index (χ1n) is 10.8. The second-order valence-corrected chi connectivity index (χ2v) is 8.54. The van der Waals surface area contributed by atoms with Crippen molar-refractivity contribution in [3.05, 3.63) is 0 Å². The predicted molar refractivity (Wildman–Crippen MR) is 105 cm³/mol. The van der Waals surface area contributed by atoms with E-state index in [9.17, 15) is 50.8 Å². The van der Waals surface area contributed by atoms with Gasteiger partial charge >= 0.3 is 5.97 Å². The molecule has 0 aromatic rings. The number of esters is 1. The van der Waals surface area contributed by atoms with Gasteiger partial charge in [0.15, 0.2) is 25.0 Å². The fourth-order valence-corrected chi connectivity index (χ4v) is 4.06. The van der Waals surface area contributed by atoms with Crippen molar-refractivity contribution in [1.29, 1.82) is 0 Å². The van der Waals surface area contributed by atoms with Crippen molar-refractivity contribution in [2.24, 2.45) is 0 Å². The maximum atomic E-state index is 11.7. The van der Waals surface area contributed by atoms with E-state index >= 15 is 0 Å². The van der Waals surface area contributed by atoms with Crippen LogP contribution in [-0.4, -0.2) is 158 Å². The normalized spacial score (nSPS) is 51.1. The molecule has 3 rings (SSSR count). The van der Waals surface area contributed by atoms with Crippen LogP contribution in [-0.2, 0) is 33.2 Å². The van der Waals surface area contributed by atoms with Crippen LogP contribution in [0.25, 0.3) is 0 Å². The maximum Gasteiger partial charge on any atom is 0.337 e. The third kappa shape index (κ3) is 5.60. The summed E-state index contributed by atoms with van der Waals surface area (Å²) in [4.78, 5) is 11.7. The van der Waals surface area contributed by atoms with Crippen molar-refractivity contribution in [2.75, 3.05) is 13.7 Å². The first-order chi connectivity index (χ1) is 16.4. The second-order valence-electron chi connectivity index (χ2n) is 8.54. The molecular formula is C19H32O16. The van der Waals surface area contributed by atoms with E-state index in [1.807, 2.05) is 0 Å². The molecule has 9 N–H and O–H groups in total. The van der Waals surface area contributed by atoms with Crippen LogP contribution in [0.2, 0.25) is 0 Å². The molecule has 3 aliphatic rings. The average molecular weight is 516 g/mol. The van der Waals surface area contributed by atoms with Gasteiger partial charge in [0.2, 0.25) is 0 Å². The van der Waals surface area contributed by atoms with Crippen LogP contribution in [0.1, 0.15) is 6.92 Å². The lowest BCUT2D eigenvalue weighted by molar-refractivity contribution is -0.388. The van der Waals surface area contributed by atoms with Crippen molar-refractivity contribution in [3.63, 3.8) is 0 Å². The maximum absolute atomic E-state index is 11.7. The van der Waals surface area contributed by atoms with E-state index in [1.54, 1.807) is 0 Å². The molecule has 204 valence electrons. The van der Waals surface area contributed by atoms with Gasteiger partial charge < -0.3 is 74.4 Å². The molecule has 0 amide bonds. The van der Waals surface area contributed by atoms with Crippen molar-refractivity contribution >= 4 is 5.97 Å². The number of carbonyl (C=O) groups is 1. The van der Waals surface area contributed by atoms with E-state index in [4.69, 9.17) is 23.7 Å². The first-order valence-corrected chi connectivity index (χ1v) is 10.8. The quantitative estimate of drug-likeness (QED) is 0.149. The predicted octanol–water partition coefficient (Wildman–Crippen LogP) is -6.36. The summed E-state index contributed by atoms with van der Waals surface area (Å²) in [6.45, 7) is 0.578. The van der Waals surface area contributed by atoms with Crippen molar-refractivity contribution < 1.29 is 79.2 Å². The van der Waals surface area contributed by atoms with Crippen LogP contribution in [0.5, 0.6) is 0 Å². The molecule has 3 heterocycles. The summed E-state index contributed by atoms with van der Waals surface area (Å²) in [6, 6.07) is 0. The van der Waals surface area contributed by atoms with Crippen LogP contribution >= 0.6 is 0 Å². The second kappa shape index (κ2) is 11.5. The van der Waals surface area contributed by atoms with Gasteiger partial charge in [-0.25, -0.2) is 4.79 Å². The van der Waals surface area contributed by atoms with E-state index < -0.39 is 105 Å². The highest BCUT2D eigenvalue weighted by atomic mass is 16.8. The summed E-state index contributed by atoms with van der Waals surface area (Å²) in [5.74, 6) is -1.08. The Kier molecular flexibility index (Phi) is 9.38. The highest BCUT2D eigenvalue weighted by Gasteiger charge is 2.54. The van der Waals surface area contributed by atoms with E-state index in [1.165, 1.54) is 6.92 Å². The Morgan fingerprint density at radius 1 is 0.714 bits per heavy atom. The molecule has 16 nitrogen and oxygen atoms in total. The van der Waals surface area contributed by atoms with E-state index in [0.717, 1.165) is 7.11 Å². The van der Waals surface area contributed by atoms with Gasteiger partial charge in [-0.3, -0.25) is 0 Å². The number of carbonyl (C=O) groups excluding carboxylic acids is 1. The number of aliphatic hydroxyl groups excluding tert-OH is 9. The van der Waals surface area contributed by atoms with Gasteiger partial charge in [0.05, 0.1) is 19.8 Å². The Balaban J connectivity index is 1.81. The first kappa shape index (κ1) is 28.5. The summed E-state index contributed by atoms with van der Waals surface area (Å²) >= 11 is 0. The fourth-order valence-electron chi connectivity index (χ4n) is 4.06. The lowest BCUT2D eigenvalue weighted by Gasteiger charge is -2.47. The Morgan fingerprint density at radius 2 is 1.31 bits per heavy atom. The third-order valence-corrected chi connectivity index (χ3v) is 6.21. The minimum Gasteiger partial charge on any atom is -0.467 e. The number of aliphatic hydroxyl groups is 9. The molecule has 16 heteroatoms. The molecule has 3 fully saturated rings. The summed E-state index contributed by atoms with van der Waals surface area (Å²) in [5.41, 5.74) is 0. The number of hydrogen-bond acceptors (Lipinski definition) is 16. The molecule has 0 saturated carbocycles. The summed E-state index contributed by atoms with van der Waals surface area (Å²) in [7, 11) is 0.998. The Morgan fingerprint density at radius 3 is 1.91 bits per heavy atom. The lowest BCUT2D eigenvalue weighted by Crippen LogP contribution is -2.66. The van der Waals surface area contributed by atoms with Gasteiger partial charge in [0.1, 0.15) is 61.0 Å². The van der Waals surface area contributed by atoms with Crippen molar-refractivity contribution in [2.45, 2.75) is 99.0 Å². The highest BCUT2D eigenvalue weighted by Crippen LogP contribution is 2.32. The Bertz CT molecular complexity index is 710. The zero-order valence-corrected chi connectivity index (χ0v) is 18.8. The van der Waals surface area contributed by atoms with Gasteiger partial charge in [-0.15, -0.1) is 0 Å². The van der Waals surface area contributed by atoms with Crippen LogP contribution in [0.3, 0.4) is 0 Å². The summed E-state index contributed by atoms with van der Waals surface area (Å²) < 4.78 is 31.1. The van der Waals surface area contributed by atoms with E-state index in [0.29, 0.717) is 0 Å². The molecule has 35 heavy (non-hydrogen) atoms. The number of hydrogen-bond donors (Lipinski definition) is 9. The smallest absolute Gasteiger partial charge is 0.337 e. The molecule has 0 bridgehead atoms. The van der Waals surface area contributed by atoms with Gasteiger partial charge in [-0.1, -0.05) is 0 Å². The Hall–Kier alpha value is -1.09. The van der Waals surface area contributed by atoms with Crippen LogP contribution < -0.4 is 0 Å². The molecular weight excluding hydrogens is 484 g/mol. The molecule has 0 aromatic heterocycles. The van der Waals surface area contributed by atoms with E-state index in [2.05, 4.69) is 4.74 Å². The largest absolute Gasteiger partial charge is 0.467 e. The molecule has 0 radical (unpaired) electrons.